The maximum absolute atomic E-state index is 6.32. The fourth-order valence-corrected chi connectivity index (χ4v) is 4.49. The van der Waals surface area contributed by atoms with Crippen molar-refractivity contribution >= 4 is 11.6 Å². The third-order valence-corrected chi connectivity index (χ3v) is 5.87. The minimum atomic E-state index is 0.351. The van der Waals surface area contributed by atoms with Crippen molar-refractivity contribution < 1.29 is 9.47 Å². The molecule has 1 aromatic carbocycles. The van der Waals surface area contributed by atoms with Crippen LogP contribution in [-0.2, 0) is 11.3 Å². The van der Waals surface area contributed by atoms with E-state index in [0.29, 0.717) is 6.10 Å². The zero-order chi connectivity index (χ0) is 17.1. The van der Waals surface area contributed by atoms with E-state index in [-0.39, 0.29) is 0 Å². The van der Waals surface area contributed by atoms with Crippen molar-refractivity contribution in [2.45, 2.75) is 38.3 Å². The second-order valence-corrected chi connectivity index (χ2v) is 8.21. The van der Waals surface area contributed by atoms with Crippen molar-refractivity contribution in [1.82, 2.24) is 9.80 Å². The van der Waals surface area contributed by atoms with Gasteiger partial charge in [-0.05, 0) is 68.5 Å². The van der Waals surface area contributed by atoms with Crippen LogP contribution in [0, 0.1) is 5.92 Å². The van der Waals surface area contributed by atoms with E-state index in [0.717, 1.165) is 62.4 Å². The molecule has 0 atom stereocenters. The number of benzene rings is 1. The Labute approximate surface area is 156 Å². The summed E-state index contributed by atoms with van der Waals surface area (Å²) in [7, 11) is 0. The summed E-state index contributed by atoms with van der Waals surface area (Å²) < 4.78 is 11.6. The first-order valence-corrected chi connectivity index (χ1v) is 10.1. The van der Waals surface area contributed by atoms with Crippen LogP contribution < -0.4 is 4.74 Å². The first-order chi connectivity index (χ1) is 12.2. The molecule has 1 aliphatic carbocycles. The summed E-state index contributed by atoms with van der Waals surface area (Å²) in [6, 6.07) is 6.22. The Hall–Kier alpha value is -0.810. The van der Waals surface area contributed by atoms with Gasteiger partial charge >= 0.3 is 0 Å². The lowest BCUT2D eigenvalue weighted by atomic mass is 9.82. The molecule has 2 aliphatic heterocycles. The molecule has 4 nitrogen and oxygen atoms in total. The summed E-state index contributed by atoms with van der Waals surface area (Å²) in [6.45, 7) is 8.51. The lowest BCUT2D eigenvalue weighted by molar-refractivity contribution is 0.000119. The van der Waals surface area contributed by atoms with Crippen LogP contribution in [0.5, 0.6) is 5.75 Å². The molecule has 25 heavy (non-hydrogen) atoms. The zero-order valence-corrected chi connectivity index (χ0v) is 15.7. The van der Waals surface area contributed by atoms with Gasteiger partial charge in [-0.1, -0.05) is 11.6 Å². The minimum Gasteiger partial charge on any atom is -0.490 e. The molecule has 0 unspecified atom stereocenters. The van der Waals surface area contributed by atoms with Gasteiger partial charge in [0.15, 0.2) is 0 Å². The van der Waals surface area contributed by atoms with Gasteiger partial charge in [0, 0.05) is 31.2 Å². The predicted molar refractivity (Wildman–Crippen MR) is 100 cm³/mol. The Morgan fingerprint density at radius 1 is 1.00 bits per heavy atom. The highest BCUT2D eigenvalue weighted by molar-refractivity contribution is 6.30. The van der Waals surface area contributed by atoms with Crippen LogP contribution in [-0.4, -0.2) is 61.8 Å². The van der Waals surface area contributed by atoms with E-state index in [2.05, 4.69) is 21.9 Å². The normalized spacial score (nSPS) is 28.0. The van der Waals surface area contributed by atoms with Gasteiger partial charge < -0.3 is 9.47 Å². The number of hydrogen-bond acceptors (Lipinski definition) is 4. The van der Waals surface area contributed by atoms with E-state index in [1.807, 2.05) is 6.07 Å². The van der Waals surface area contributed by atoms with E-state index >= 15 is 0 Å². The van der Waals surface area contributed by atoms with Crippen LogP contribution in [0.2, 0.25) is 5.02 Å². The van der Waals surface area contributed by atoms with Gasteiger partial charge in [0.1, 0.15) is 5.75 Å². The highest BCUT2D eigenvalue weighted by Crippen LogP contribution is 2.33. The first kappa shape index (κ1) is 17.6. The topological polar surface area (TPSA) is 24.9 Å². The summed E-state index contributed by atoms with van der Waals surface area (Å²) in [5.74, 6) is 1.71. The van der Waals surface area contributed by atoms with Crippen molar-refractivity contribution in [1.29, 1.82) is 0 Å². The van der Waals surface area contributed by atoms with Crippen molar-refractivity contribution in [3.05, 3.63) is 28.8 Å². The number of hydrogen-bond donors (Lipinski definition) is 0. The summed E-state index contributed by atoms with van der Waals surface area (Å²) in [5, 5.41) is 0.788. The highest BCUT2D eigenvalue weighted by Gasteiger charge is 2.32. The van der Waals surface area contributed by atoms with Crippen molar-refractivity contribution in [3.63, 3.8) is 0 Å². The number of ether oxygens (including phenoxy) is 2. The molecule has 1 aromatic rings. The number of likely N-dealkylation sites (tertiary alicyclic amines) is 1. The summed E-state index contributed by atoms with van der Waals surface area (Å²) >= 11 is 6.32. The second-order valence-electron chi connectivity index (χ2n) is 7.77. The quantitative estimate of drug-likeness (QED) is 0.772. The summed E-state index contributed by atoms with van der Waals surface area (Å²) in [4.78, 5) is 5.02. The minimum absolute atomic E-state index is 0.351. The molecule has 138 valence electrons. The standard InChI is InChI=1S/C20H29ClN2O2/c21-18-9-16(14-22-3-1-2-4-22)10-20(13-18)25-19-11-17(12-19)15-23-5-7-24-8-6-23/h9-10,13,17,19H,1-8,11-12,14-15H2. The van der Waals surface area contributed by atoms with Crippen LogP contribution in [0.3, 0.4) is 0 Å². The largest absolute Gasteiger partial charge is 0.490 e. The lowest BCUT2D eigenvalue weighted by Crippen LogP contribution is -2.45. The third-order valence-electron chi connectivity index (χ3n) is 5.65. The van der Waals surface area contributed by atoms with Gasteiger partial charge in [0.05, 0.1) is 19.3 Å². The van der Waals surface area contributed by atoms with Crippen LogP contribution in [0.25, 0.3) is 0 Å². The first-order valence-electron chi connectivity index (χ1n) is 9.73. The predicted octanol–water partition coefficient (Wildman–Crippen LogP) is 3.43. The Bertz CT molecular complexity index is 565. The third kappa shape index (κ3) is 4.88. The molecule has 0 amide bonds. The Kier molecular flexibility index (Phi) is 5.81. The molecule has 2 heterocycles. The van der Waals surface area contributed by atoms with E-state index in [9.17, 15) is 0 Å². The molecule has 2 saturated heterocycles. The number of rotatable bonds is 6. The van der Waals surface area contributed by atoms with E-state index in [4.69, 9.17) is 21.1 Å². The molecule has 3 fully saturated rings. The van der Waals surface area contributed by atoms with E-state index < -0.39 is 0 Å². The van der Waals surface area contributed by atoms with Crippen LogP contribution in [0.4, 0.5) is 0 Å². The lowest BCUT2D eigenvalue weighted by Gasteiger charge is -2.39. The van der Waals surface area contributed by atoms with Crippen molar-refractivity contribution in [2.24, 2.45) is 5.92 Å². The summed E-state index contributed by atoms with van der Waals surface area (Å²) in [5.41, 5.74) is 1.27. The SMILES string of the molecule is Clc1cc(CN2CCCC2)cc(OC2CC(CN3CCOCC3)C2)c1. The maximum atomic E-state index is 6.32. The van der Waals surface area contributed by atoms with Crippen molar-refractivity contribution in [2.75, 3.05) is 45.9 Å². The Morgan fingerprint density at radius 3 is 2.52 bits per heavy atom. The van der Waals surface area contributed by atoms with Crippen LogP contribution in [0.15, 0.2) is 18.2 Å². The van der Waals surface area contributed by atoms with E-state index in [1.54, 1.807) is 0 Å². The van der Waals surface area contributed by atoms with Crippen LogP contribution >= 0.6 is 11.6 Å². The second kappa shape index (κ2) is 8.26. The monoisotopic (exact) mass is 364 g/mol. The fourth-order valence-electron chi connectivity index (χ4n) is 4.24. The molecule has 0 N–H and O–H groups in total. The number of morpholine rings is 1. The Morgan fingerprint density at radius 2 is 1.76 bits per heavy atom. The molecule has 0 aromatic heterocycles. The smallest absolute Gasteiger partial charge is 0.121 e. The van der Waals surface area contributed by atoms with Gasteiger partial charge in [0.25, 0.3) is 0 Å². The Balaban J connectivity index is 1.26. The van der Waals surface area contributed by atoms with E-state index in [1.165, 1.54) is 38.0 Å². The number of nitrogens with zero attached hydrogens (tertiary/aromatic N) is 2. The van der Waals surface area contributed by atoms with Crippen molar-refractivity contribution in [3.8, 4) is 5.75 Å². The molecule has 1 saturated carbocycles. The molecule has 0 bridgehead atoms. The van der Waals surface area contributed by atoms with Gasteiger partial charge in [-0.15, -0.1) is 0 Å². The van der Waals surface area contributed by atoms with Gasteiger partial charge in [0.2, 0.25) is 0 Å². The van der Waals surface area contributed by atoms with Gasteiger partial charge in [-0.25, -0.2) is 0 Å². The molecule has 3 aliphatic rings. The maximum Gasteiger partial charge on any atom is 0.121 e. The zero-order valence-electron chi connectivity index (χ0n) is 15.0. The van der Waals surface area contributed by atoms with Crippen LogP contribution in [0.1, 0.15) is 31.2 Å². The van der Waals surface area contributed by atoms with Gasteiger partial charge in [-0.2, -0.15) is 0 Å². The molecular weight excluding hydrogens is 336 g/mol. The highest BCUT2D eigenvalue weighted by atomic mass is 35.5. The van der Waals surface area contributed by atoms with Gasteiger partial charge in [-0.3, -0.25) is 9.80 Å². The molecule has 4 rings (SSSR count). The average Bonchev–Trinajstić information content (AvgIpc) is 3.06. The fraction of sp³-hybridized carbons (Fsp3) is 0.700. The number of halogens is 1. The molecule has 0 spiro atoms. The molecular formula is C20H29ClN2O2. The average molecular weight is 365 g/mol. The summed E-state index contributed by atoms with van der Waals surface area (Å²) in [6.07, 6.45) is 5.30. The molecule has 0 radical (unpaired) electrons. The molecule has 5 heteroatoms.